The van der Waals surface area contributed by atoms with Crippen molar-refractivity contribution in [3.05, 3.63) is 23.0 Å². The van der Waals surface area contributed by atoms with Crippen LogP contribution in [0.25, 0.3) is 0 Å². The molecule has 0 aromatic carbocycles. The number of hydrogen-bond donors (Lipinski definition) is 2. The lowest BCUT2D eigenvalue weighted by molar-refractivity contribution is -0.125. The van der Waals surface area contributed by atoms with Gasteiger partial charge in [-0.25, -0.2) is 0 Å². The van der Waals surface area contributed by atoms with E-state index < -0.39 is 0 Å². The van der Waals surface area contributed by atoms with E-state index in [1.807, 2.05) is 0 Å². The van der Waals surface area contributed by atoms with Gasteiger partial charge in [0.1, 0.15) is 0 Å². The molecule has 1 fully saturated rings. The standard InChI is InChI=1S/C14H23N3O/c1-10-8-13(11(2)17(10)3)9-16-14(18)12-4-6-15-7-5-12/h8,12,15H,4-7,9H2,1-3H3,(H,16,18). The molecule has 0 bridgehead atoms. The van der Waals surface area contributed by atoms with Crippen molar-refractivity contribution in [1.29, 1.82) is 0 Å². The van der Waals surface area contributed by atoms with Gasteiger partial charge in [-0.2, -0.15) is 0 Å². The molecule has 18 heavy (non-hydrogen) atoms. The third kappa shape index (κ3) is 2.75. The van der Waals surface area contributed by atoms with E-state index in [0.717, 1.165) is 25.9 Å². The van der Waals surface area contributed by atoms with Gasteiger partial charge in [-0.1, -0.05) is 0 Å². The van der Waals surface area contributed by atoms with Gasteiger partial charge >= 0.3 is 0 Å². The number of hydrogen-bond acceptors (Lipinski definition) is 2. The minimum atomic E-state index is 0.191. The molecular weight excluding hydrogens is 226 g/mol. The van der Waals surface area contributed by atoms with Crippen molar-refractivity contribution in [3.8, 4) is 0 Å². The van der Waals surface area contributed by atoms with E-state index in [1.165, 1.54) is 17.0 Å². The van der Waals surface area contributed by atoms with Gasteiger partial charge in [0.2, 0.25) is 5.91 Å². The Kier molecular flexibility index (Phi) is 4.07. The summed E-state index contributed by atoms with van der Waals surface area (Å²) in [6.07, 6.45) is 1.91. The fourth-order valence-electron chi connectivity index (χ4n) is 2.52. The van der Waals surface area contributed by atoms with Crippen LogP contribution in [0.15, 0.2) is 6.07 Å². The molecule has 1 saturated heterocycles. The second-order valence-electron chi connectivity index (χ2n) is 5.20. The quantitative estimate of drug-likeness (QED) is 0.847. The number of amides is 1. The number of carbonyl (C=O) groups is 1. The molecule has 1 aliphatic heterocycles. The Balaban J connectivity index is 1.90. The van der Waals surface area contributed by atoms with E-state index in [4.69, 9.17) is 0 Å². The van der Waals surface area contributed by atoms with E-state index in [-0.39, 0.29) is 11.8 Å². The van der Waals surface area contributed by atoms with E-state index in [9.17, 15) is 4.79 Å². The van der Waals surface area contributed by atoms with Crippen LogP contribution in [0.1, 0.15) is 29.8 Å². The molecule has 1 aromatic heterocycles. The van der Waals surface area contributed by atoms with Gasteiger partial charge < -0.3 is 15.2 Å². The Hall–Kier alpha value is -1.29. The monoisotopic (exact) mass is 249 g/mol. The lowest BCUT2D eigenvalue weighted by Gasteiger charge is -2.21. The summed E-state index contributed by atoms with van der Waals surface area (Å²) in [5, 5.41) is 6.35. The Bertz CT molecular complexity index is 430. The van der Waals surface area contributed by atoms with E-state index >= 15 is 0 Å². The number of nitrogens with zero attached hydrogens (tertiary/aromatic N) is 1. The maximum atomic E-state index is 12.0. The summed E-state index contributed by atoms with van der Waals surface area (Å²) in [6.45, 7) is 6.75. The zero-order valence-corrected chi connectivity index (χ0v) is 11.5. The molecule has 0 aliphatic carbocycles. The second-order valence-corrected chi connectivity index (χ2v) is 5.20. The summed E-state index contributed by atoms with van der Waals surface area (Å²) >= 11 is 0. The summed E-state index contributed by atoms with van der Waals surface area (Å²) in [6, 6.07) is 2.15. The van der Waals surface area contributed by atoms with Gasteiger partial charge in [0, 0.05) is 30.9 Å². The Morgan fingerprint density at radius 2 is 2.11 bits per heavy atom. The predicted octanol–water partition coefficient (Wildman–Crippen LogP) is 1.26. The van der Waals surface area contributed by atoms with E-state index in [0.29, 0.717) is 6.54 Å². The normalized spacial score (nSPS) is 16.8. The van der Waals surface area contributed by atoms with Crippen LogP contribution < -0.4 is 10.6 Å². The molecule has 2 N–H and O–H groups in total. The maximum absolute atomic E-state index is 12.0. The topological polar surface area (TPSA) is 46.1 Å². The van der Waals surface area contributed by atoms with Crippen LogP contribution in [-0.4, -0.2) is 23.6 Å². The largest absolute Gasteiger partial charge is 0.352 e. The molecule has 2 rings (SSSR count). The van der Waals surface area contributed by atoms with Crippen molar-refractivity contribution < 1.29 is 4.79 Å². The SMILES string of the molecule is Cc1cc(CNC(=O)C2CCNCC2)c(C)n1C. The van der Waals surface area contributed by atoms with Gasteiger partial charge in [-0.15, -0.1) is 0 Å². The Morgan fingerprint density at radius 3 is 2.67 bits per heavy atom. The van der Waals surface area contributed by atoms with Gasteiger partial charge in [0.25, 0.3) is 0 Å². The van der Waals surface area contributed by atoms with Crippen molar-refractivity contribution in [3.63, 3.8) is 0 Å². The molecular formula is C14H23N3O. The van der Waals surface area contributed by atoms with Crippen LogP contribution in [-0.2, 0) is 18.4 Å². The molecule has 0 atom stereocenters. The Morgan fingerprint density at radius 1 is 1.44 bits per heavy atom. The number of aromatic nitrogens is 1. The smallest absolute Gasteiger partial charge is 0.223 e. The highest BCUT2D eigenvalue weighted by atomic mass is 16.1. The number of piperidine rings is 1. The lowest BCUT2D eigenvalue weighted by Crippen LogP contribution is -2.37. The molecule has 2 heterocycles. The number of nitrogens with one attached hydrogen (secondary N) is 2. The molecule has 0 radical (unpaired) electrons. The molecule has 1 aromatic rings. The highest BCUT2D eigenvalue weighted by Gasteiger charge is 2.20. The average Bonchev–Trinajstić information content (AvgIpc) is 2.64. The molecule has 0 unspecified atom stereocenters. The second kappa shape index (κ2) is 5.57. The molecule has 4 heteroatoms. The zero-order valence-electron chi connectivity index (χ0n) is 11.5. The van der Waals surface area contributed by atoms with Crippen molar-refractivity contribution in [1.82, 2.24) is 15.2 Å². The molecule has 0 saturated carbocycles. The van der Waals surface area contributed by atoms with Crippen LogP contribution in [0.2, 0.25) is 0 Å². The highest BCUT2D eigenvalue weighted by Crippen LogP contribution is 2.15. The summed E-state index contributed by atoms with van der Waals surface area (Å²) in [5.74, 6) is 0.397. The maximum Gasteiger partial charge on any atom is 0.223 e. The summed E-state index contributed by atoms with van der Waals surface area (Å²) in [4.78, 5) is 12.0. The van der Waals surface area contributed by atoms with Gasteiger partial charge in [-0.3, -0.25) is 4.79 Å². The summed E-state index contributed by atoms with van der Waals surface area (Å²) in [5.41, 5.74) is 3.69. The highest BCUT2D eigenvalue weighted by molar-refractivity contribution is 5.78. The van der Waals surface area contributed by atoms with E-state index in [1.54, 1.807) is 0 Å². The molecule has 1 aliphatic rings. The van der Waals surface area contributed by atoms with Crippen LogP contribution in [0.4, 0.5) is 0 Å². The first-order valence-corrected chi connectivity index (χ1v) is 6.70. The van der Waals surface area contributed by atoms with Crippen LogP contribution in [0, 0.1) is 19.8 Å². The van der Waals surface area contributed by atoms with Crippen molar-refractivity contribution in [2.75, 3.05) is 13.1 Å². The molecule has 0 spiro atoms. The van der Waals surface area contributed by atoms with E-state index in [2.05, 4.69) is 42.2 Å². The fraction of sp³-hybridized carbons (Fsp3) is 0.643. The first-order chi connectivity index (χ1) is 8.59. The van der Waals surface area contributed by atoms with Crippen molar-refractivity contribution in [2.45, 2.75) is 33.2 Å². The van der Waals surface area contributed by atoms with Crippen LogP contribution >= 0.6 is 0 Å². The van der Waals surface area contributed by atoms with Crippen LogP contribution in [0.3, 0.4) is 0 Å². The lowest BCUT2D eigenvalue weighted by atomic mass is 9.97. The number of aryl methyl sites for hydroxylation is 1. The predicted molar refractivity (Wildman–Crippen MR) is 72.3 cm³/mol. The zero-order chi connectivity index (χ0) is 13.1. The number of rotatable bonds is 3. The third-order valence-corrected chi connectivity index (χ3v) is 4.04. The van der Waals surface area contributed by atoms with Gasteiger partial charge in [0.15, 0.2) is 0 Å². The minimum absolute atomic E-state index is 0.191. The summed E-state index contributed by atoms with van der Waals surface area (Å²) in [7, 11) is 2.06. The molecule has 1 amide bonds. The first kappa shape index (κ1) is 13.1. The number of carbonyl (C=O) groups excluding carboxylic acids is 1. The van der Waals surface area contributed by atoms with Crippen molar-refractivity contribution in [2.24, 2.45) is 13.0 Å². The first-order valence-electron chi connectivity index (χ1n) is 6.70. The average molecular weight is 249 g/mol. The van der Waals surface area contributed by atoms with Gasteiger partial charge in [-0.05, 0) is 51.4 Å². The fourth-order valence-corrected chi connectivity index (χ4v) is 2.52. The minimum Gasteiger partial charge on any atom is -0.352 e. The van der Waals surface area contributed by atoms with Crippen molar-refractivity contribution >= 4 is 5.91 Å². The third-order valence-electron chi connectivity index (χ3n) is 4.04. The van der Waals surface area contributed by atoms with Crippen LogP contribution in [0.5, 0.6) is 0 Å². The molecule has 4 nitrogen and oxygen atoms in total. The van der Waals surface area contributed by atoms with Gasteiger partial charge in [0.05, 0.1) is 0 Å². The summed E-state index contributed by atoms with van der Waals surface area (Å²) < 4.78 is 2.16. The Labute approximate surface area is 109 Å². The molecule has 100 valence electrons.